The summed E-state index contributed by atoms with van der Waals surface area (Å²) in [7, 11) is 1.52. The van der Waals surface area contributed by atoms with Crippen LogP contribution < -0.4 is 16.0 Å². The molecule has 0 heterocycles. The molecule has 0 radical (unpaired) electrons. The third-order valence-electron chi connectivity index (χ3n) is 2.91. The number of nitrogens with one attached hydrogen (secondary N) is 3. The van der Waals surface area contributed by atoms with Gasteiger partial charge in [0.1, 0.15) is 5.82 Å². The van der Waals surface area contributed by atoms with Gasteiger partial charge in [-0.3, -0.25) is 4.79 Å². The van der Waals surface area contributed by atoms with Crippen LogP contribution in [0.5, 0.6) is 0 Å². The highest BCUT2D eigenvalue weighted by Gasteiger charge is 2.01. The van der Waals surface area contributed by atoms with Gasteiger partial charge in [-0.05, 0) is 48.0 Å². The number of benzene rings is 2. The molecule has 5 nitrogen and oxygen atoms in total. The van der Waals surface area contributed by atoms with Gasteiger partial charge in [-0.15, -0.1) is 0 Å². The van der Waals surface area contributed by atoms with Crippen LogP contribution in [-0.4, -0.2) is 19.0 Å². The molecule has 0 saturated carbocycles. The highest BCUT2D eigenvalue weighted by Crippen LogP contribution is 2.13. The van der Waals surface area contributed by atoms with Gasteiger partial charge < -0.3 is 16.0 Å². The lowest BCUT2D eigenvalue weighted by Gasteiger charge is -2.06. The monoisotopic (exact) mass is 313 g/mol. The maximum Gasteiger partial charge on any atom is 0.318 e. The van der Waals surface area contributed by atoms with E-state index in [1.807, 2.05) is 0 Å². The van der Waals surface area contributed by atoms with Crippen molar-refractivity contribution in [2.24, 2.45) is 0 Å². The summed E-state index contributed by atoms with van der Waals surface area (Å²) in [6.45, 7) is 0. The van der Waals surface area contributed by atoms with E-state index in [4.69, 9.17) is 0 Å². The number of hydrogen-bond donors (Lipinski definition) is 3. The minimum Gasteiger partial charge on any atom is -0.341 e. The van der Waals surface area contributed by atoms with E-state index in [0.717, 1.165) is 0 Å². The summed E-state index contributed by atoms with van der Waals surface area (Å²) in [5, 5.41) is 7.73. The minimum atomic E-state index is -0.355. The fraction of sp³-hybridized carbons (Fsp3) is 0.0588. The zero-order valence-electron chi connectivity index (χ0n) is 12.5. The molecule has 0 saturated heterocycles. The largest absolute Gasteiger partial charge is 0.341 e. The number of carbonyl (C=O) groups is 2. The number of urea groups is 1. The van der Waals surface area contributed by atoms with Crippen molar-refractivity contribution in [3.05, 3.63) is 66.0 Å². The number of halogens is 1. The van der Waals surface area contributed by atoms with E-state index in [1.165, 1.54) is 31.3 Å². The van der Waals surface area contributed by atoms with Crippen molar-refractivity contribution in [1.82, 2.24) is 5.32 Å². The van der Waals surface area contributed by atoms with Gasteiger partial charge in [-0.25, -0.2) is 9.18 Å². The van der Waals surface area contributed by atoms with E-state index in [-0.39, 0.29) is 17.8 Å². The SMILES string of the molecule is CNC(=O)Nc1ccc(NC(=O)/C=C/c2cccc(F)c2)cc1. The second kappa shape index (κ2) is 7.74. The second-order valence-electron chi connectivity index (χ2n) is 4.66. The molecule has 118 valence electrons. The Morgan fingerprint density at radius 3 is 2.26 bits per heavy atom. The van der Waals surface area contributed by atoms with Crippen LogP contribution in [-0.2, 0) is 4.79 Å². The molecule has 0 fully saturated rings. The van der Waals surface area contributed by atoms with E-state index < -0.39 is 0 Å². The predicted molar refractivity (Wildman–Crippen MR) is 88.6 cm³/mol. The van der Waals surface area contributed by atoms with E-state index in [0.29, 0.717) is 16.9 Å². The molecule has 0 aromatic heterocycles. The third-order valence-corrected chi connectivity index (χ3v) is 2.91. The van der Waals surface area contributed by atoms with Crippen molar-refractivity contribution >= 4 is 29.4 Å². The number of anilines is 2. The molecule has 2 aromatic carbocycles. The standard InChI is InChI=1S/C17H16FN3O2/c1-19-17(23)21-15-8-6-14(7-9-15)20-16(22)10-5-12-3-2-4-13(18)11-12/h2-11H,1H3,(H,20,22)(H2,19,21,23)/b10-5+. The van der Waals surface area contributed by atoms with Gasteiger partial charge in [0, 0.05) is 24.5 Å². The number of carbonyl (C=O) groups excluding carboxylic acids is 2. The fourth-order valence-corrected chi connectivity index (χ4v) is 1.80. The maximum atomic E-state index is 13.0. The van der Waals surface area contributed by atoms with Crippen molar-refractivity contribution in [3.8, 4) is 0 Å². The molecule has 0 unspecified atom stereocenters. The van der Waals surface area contributed by atoms with Gasteiger partial charge in [0.05, 0.1) is 0 Å². The minimum absolute atomic E-state index is 0.320. The van der Waals surface area contributed by atoms with E-state index in [9.17, 15) is 14.0 Å². The Balaban J connectivity index is 1.93. The fourth-order valence-electron chi connectivity index (χ4n) is 1.80. The summed E-state index contributed by atoms with van der Waals surface area (Å²) < 4.78 is 13.0. The summed E-state index contributed by atoms with van der Waals surface area (Å²) in [6.07, 6.45) is 2.85. The number of hydrogen-bond acceptors (Lipinski definition) is 2. The van der Waals surface area contributed by atoms with E-state index in [2.05, 4.69) is 16.0 Å². The molecule has 2 aromatic rings. The van der Waals surface area contributed by atoms with E-state index in [1.54, 1.807) is 36.4 Å². The van der Waals surface area contributed by atoms with Gasteiger partial charge in [-0.2, -0.15) is 0 Å². The molecule has 0 atom stereocenters. The van der Waals surface area contributed by atoms with Crippen molar-refractivity contribution < 1.29 is 14.0 Å². The van der Waals surface area contributed by atoms with Gasteiger partial charge in [0.2, 0.25) is 5.91 Å². The molecule has 23 heavy (non-hydrogen) atoms. The first-order chi connectivity index (χ1) is 11.1. The van der Waals surface area contributed by atoms with Gasteiger partial charge in [-0.1, -0.05) is 12.1 Å². The first-order valence-electron chi connectivity index (χ1n) is 6.90. The lowest BCUT2D eigenvalue weighted by atomic mass is 10.2. The van der Waals surface area contributed by atoms with Gasteiger partial charge in [0.25, 0.3) is 0 Å². The lowest BCUT2D eigenvalue weighted by Crippen LogP contribution is -2.24. The summed E-state index contributed by atoms with van der Waals surface area (Å²) in [4.78, 5) is 23.0. The molecule has 0 aliphatic carbocycles. The quantitative estimate of drug-likeness (QED) is 0.758. The third kappa shape index (κ3) is 5.28. The van der Waals surface area contributed by atoms with Crippen LogP contribution >= 0.6 is 0 Å². The zero-order chi connectivity index (χ0) is 16.7. The maximum absolute atomic E-state index is 13.0. The Morgan fingerprint density at radius 1 is 1.00 bits per heavy atom. The van der Waals surface area contributed by atoms with Crippen molar-refractivity contribution in [2.75, 3.05) is 17.7 Å². The summed E-state index contributed by atoms with van der Waals surface area (Å²) >= 11 is 0. The van der Waals surface area contributed by atoms with Gasteiger partial charge in [0.15, 0.2) is 0 Å². The average Bonchev–Trinajstić information content (AvgIpc) is 2.55. The first-order valence-corrected chi connectivity index (χ1v) is 6.90. The van der Waals surface area contributed by atoms with E-state index >= 15 is 0 Å². The Labute approximate surface area is 133 Å². The van der Waals surface area contributed by atoms with Crippen molar-refractivity contribution in [3.63, 3.8) is 0 Å². The molecule has 3 N–H and O–H groups in total. The lowest BCUT2D eigenvalue weighted by molar-refractivity contribution is -0.111. The summed E-state index contributed by atoms with van der Waals surface area (Å²) in [5.41, 5.74) is 1.80. The molecule has 6 heteroatoms. The van der Waals surface area contributed by atoms with Crippen LogP contribution in [0, 0.1) is 5.82 Å². The summed E-state index contributed by atoms with van der Waals surface area (Å²) in [5.74, 6) is -0.687. The van der Waals surface area contributed by atoms with Crippen LogP contribution in [0.15, 0.2) is 54.6 Å². The Kier molecular flexibility index (Phi) is 5.46. The van der Waals surface area contributed by atoms with Crippen LogP contribution in [0.1, 0.15) is 5.56 Å². The highest BCUT2D eigenvalue weighted by molar-refractivity contribution is 6.02. The van der Waals surface area contributed by atoms with Crippen molar-refractivity contribution in [1.29, 1.82) is 0 Å². The first kappa shape index (κ1) is 16.2. The summed E-state index contributed by atoms with van der Waals surface area (Å²) in [6, 6.07) is 12.3. The van der Waals surface area contributed by atoms with Gasteiger partial charge >= 0.3 is 6.03 Å². The Bertz CT molecular complexity index is 727. The van der Waals surface area contributed by atoms with Crippen LogP contribution in [0.25, 0.3) is 6.08 Å². The molecule has 0 spiro atoms. The topological polar surface area (TPSA) is 70.2 Å². The van der Waals surface area contributed by atoms with Crippen LogP contribution in [0.2, 0.25) is 0 Å². The second-order valence-corrected chi connectivity index (χ2v) is 4.66. The Hall–Kier alpha value is -3.15. The molecular formula is C17H16FN3O2. The number of amides is 3. The Morgan fingerprint density at radius 2 is 1.65 bits per heavy atom. The molecular weight excluding hydrogens is 297 g/mol. The molecule has 3 amide bonds. The van der Waals surface area contributed by atoms with Crippen LogP contribution in [0.3, 0.4) is 0 Å². The predicted octanol–water partition coefficient (Wildman–Crippen LogP) is 3.23. The smallest absolute Gasteiger partial charge is 0.318 e. The molecule has 0 aliphatic heterocycles. The molecule has 0 aliphatic rings. The normalized spacial score (nSPS) is 10.3. The zero-order valence-corrected chi connectivity index (χ0v) is 12.5. The molecule has 2 rings (SSSR count). The van der Waals surface area contributed by atoms with Crippen LogP contribution in [0.4, 0.5) is 20.6 Å². The average molecular weight is 313 g/mol. The molecule has 0 bridgehead atoms. The highest BCUT2D eigenvalue weighted by atomic mass is 19.1. The number of rotatable bonds is 4. The van der Waals surface area contributed by atoms with Crippen molar-refractivity contribution in [2.45, 2.75) is 0 Å².